The van der Waals surface area contributed by atoms with Gasteiger partial charge in [0.2, 0.25) is 0 Å². The summed E-state index contributed by atoms with van der Waals surface area (Å²) in [6.45, 7) is 12.7. The average molecular weight is 416 g/mol. The van der Waals surface area contributed by atoms with E-state index in [1.807, 2.05) is 31.2 Å². The quantitative estimate of drug-likeness (QED) is 0.503. The molecule has 1 aliphatic rings. The van der Waals surface area contributed by atoms with Gasteiger partial charge in [-0.1, -0.05) is 45.7 Å². The second-order valence-electron chi connectivity index (χ2n) is 7.70. The smallest absolute Gasteiger partial charge is 0.338 e. The van der Waals surface area contributed by atoms with E-state index in [-0.39, 0.29) is 12.0 Å². The van der Waals surface area contributed by atoms with Crippen molar-refractivity contribution in [2.24, 2.45) is 5.92 Å². The maximum absolute atomic E-state index is 13.1. The van der Waals surface area contributed by atoms with Crippen LogP contribution in [-0.2, 0) is 9.53 Å². The first-order valence-electron chi connectivity index (χ1n) is 11.3. The second-order valence-corrected chi connectivity index (χ2v) is 7.70. The third-order valence-electron chi connectivity index (χ3n) is 5.81. The summed E-state index contributed by atoms with van der Waals surface area (Å²) in [5, 5.41) is 5.70. The molecule has 0 aromatic heterocycles. The van der Waals surface area contributed by atoms with Crippen molar-refractivity contribution in [3.05, 3.63) is 41.1 Å². The number of carbonyl (C=O) groups excluding carboxylic acids is 2. The number of anilines is 1. The van der Waals surface area contributed by atoms with E-state index in [0.29, 0.717) is 30.2 Å². The number of carbonyl (C=O) groups is 2. The molecule has 30 heavy (non-hydrogen) atoms. The predicted molar refractivity (Wildman–Crippen MR) is 121 cm³/mol. The van der Waals surface area contributed by atoms with Gasteiger partial charge < -0.3 is 20.3 Å². The topological polar surface area (TPSA) is 70.7 Å². The van der Waals surface area contributed by atoms with Crippen molar-refractivity contribution in [1.82, 2.24) is 10.6 Å². The molecule has 6 nitrogen and oxygen atoms in total. The van der Waals surface area contributed by atoms with Gasteiger partial charge in [0.05, 0.1) is 18.2 Å². The number of ether oxygens (including phenoxy) is 1. The standard InChI is InChI=1S/C24H37N3O3/c1-6-11-17(7-2)16-30-23(28)21-20(8-3)25-24(29)26-22(21)18-12-14-19(15-13-18)27(9-4)10-5/h12-15,17,22H,6-11,16H2,1-5H3,(H2,25,26,29). The van der Waals surface area contributed by atoms with Crippen molar-refractivity contribution in [2.75, 3.05) is 24.6 Å². The van der Waals surface area contributed by atoms with E-state index in [1.54, 1.807) is 0 Å². The molecule has 0 saturated carbocycles. The fourth-order valence-electron chi connectivity index (χ4n) is 3.94. The third kappa shape index (κ3) is 5.77. The van der Waals surface area contributed by atoms with Gasteiger partial charge in [0.15, 0.2) is 0 Å². The predicted octanol–water partition coefficient (Wildman–Crippen LogP) is 4.92. The van der Waals surface area contributed by atoms with Crippen LogP contribution < -0.4 is 15.5 Å². The molecule has 2 rings (SSSR count). The highest BCUT2D eigenvalue weighted by atomic mass is 16.5. The number of hydrogen-bond acceptors (Lipinski definition) is 4. The number of esters is 1. The minimum atomic E-state index is -0.516. The number of nitrogens with zero attached hydrogens (tertiary/aromatic N) is 1. The van der Waals surface area contributed by atoms with E-state index >= 15 is 0 Å². The Bertz CT molecular complexity index is 739. The summed E-state index contributed by atoms with van der Waals surface area (Å²) in [6, 6.07) is 7.24. The molecule has 2 atom stereocenters. The van der Waals surface area contributed by atoms with Crippen molar-refractivity contribution in [2.45, 2.75) is 66.3 Å². The molecule has 2 unspecified atom stereocenters. The summed E-state index contributed by atoms with van der Waals surface area (Å²) in [5.41, 5.74) is 3.13. The summed E-state index contributed by atoms with van der Waals surface area (Å²) >= 11 is 0. The highest BCUT2D eigenvalue weighted by Gasteiger charge is 2.33. The number of rotatable bonds is 11. The Morgan fingerprint density at radius 3 is 2.30 bits per heavy atom. The summed E-state index contributed by atoms with van der Waals surface area (Å²) in [7, 11) is 0. The number of urea groups is 1. The number of hydrogen-bond donors (Lipinski definition) is 2. The van der Waals surface area contributed by atoms with Crippen LogP contribution in [0, 0.1) is 5.92 Å². The lowest BCUT2D eigenvalue weighted by molar-refractivity contribution is -0.141. The van der Waals surface area contributed by atoms with Crippen LogP contribution in [-0.4, -0.2) is 31.7 Å². The Balaban J connectivity index is 2.29. The molecule has 1 aliphatic heterocycles. The van der Waals surface area contributed by atoms with E-state index in [2.05, 4.69) is 43.2 Å². The zero-order chi connectivity index (χ0) is 22.1. The van der Waals surface area contributed by atoms with Crippen molar-refractivity contribution in [3.8, 4) is 0 Å². The molecule has 6 heteroatoms. The van der Waals surface area contributed by atoms with Crippen LogP contribution in [0.1, 0.15) is 71.9 Å². The molecule has 0 bridgehead atoms. The molecule has 1 heterocycles. The van der Waals surface area contributed by atoms with Crippen LogP contribution in [0.15, 0.2) is 35.5 Å². The van der Waals surface area contributed by atoms with Crippen molar-refractivity contribution in [3.63, 3.8) is 0 Å². The van der Waals surface area contributed by atoms with Gasteiger partial charge in [0, 0.05) is 24.5 Å². The lowest BCUT2D eigenvalue weighted by Gasteiger charge is -2.30. The fourth-order valence-corrected chi connectivity index (χ4v) is 3.94. The van der Waals surface area contributed by atoms with Gasteiger partial charge in [-0.05, 0) is 50.3 Å². The van der Waals surface area contributed by atoms with Crippen LogP contribution in [0.4, 0.5) is 10.5 Å². The summed E-state index contributed by atoms with van der Waals surface area (Å²) in [5.74, 6) is 0.00861. The van der Waals surface area contributed by atoms with E-state index < -0.39 is 6.04 Å². The molecular formula is C24H37N3O3. The SMILES string of the molecule is CCCC(CC)COC(=O)C1=C(CC)NC(=O)NC1c1ccc(N(CC)CC)cc1. The Hall–Kier alpha value is -2.50. The Morgan fingerprint density at radius 1 is 1.10 bits per heavy atom. The van der Waals surface area contributed by atoms with Gasteiger partial charge in [0.25, 0.3) is 0 Å². The zero-order valence-corrected chi connectivity index (χ0v) is 19.1. The zero-order valence-electron chi connectivity index (χ0n) is 19.1. The number of allylic oxidation sites excluding steroid dienone is 1. The maximum atomic E-state index is 13.1. The molecule has 0 aliphatic carbocycles. The van der Waals surface area contributed by atoms with Crippen LogP contribution in [0.25, 0.3) is 0 Å². The van der Waals surface area contributed by atoms with Gasteiger partial charge in [-0.3, -0.25) is 0 Å². The molecule has 0 saturated heterocycles. The van der Waals surface area contributed by atoms with Crippen molar-refractivity contribution < 1.29 is 14.3 Å². The highest BCUT2D eigenvalue weighted by Crippen LogP contribution is 2.30. The minimum Gasteiger partial charge on any atom is -0.462 e. The van der Waals surface area contributed by atoms with Gasteiger partial charge >= 0.3 is 12.0 Å². The number of nitrogens with one attached hydrogen (secondary N) is 2. The van der Waals surface area contributed by atoms with Crippen molar-refractivity contribution in [1.29, 1.82) is 0 Å². The lowest BCUT2D eigenvalue weighted by atomic mass is 9.94. The summed E-state index contributed by atoms with van der Waals surface area (Å²) in [4.78, 5) is 27.6. The molecule has 0 fully saturated rings. The molecule has 0 radical (unpaired) electrons. The molecule has 166 valence electrons. The van der Waals surface area contributed by atoms with Crippen LogP contribution in [0.3, 0.4) is 0 Å². The molecule has 1 aromatic rings. The maximum Gasteiger partial charge on any atom is 0.338 e. The molecule has 2 N–H and O–H groups in total. The van der Waals surface area contributed by atoms with Gasteiger partial charge in [0.1, 0.15) is 0 Å². The fraction of sp³-hybridized carbons (Fsp3) is 0.583. The Morgan fingerprint density at radius 2 is 1.77 bits per heavy atom. The Kier molecular flexibility index (Phi) is 9.21. The first-order valence-corrected chi connectivity index (χ1v) is 11.3. The molecule has 1 aromatic carbocycles. The number of amides is 2. The second kappa shape index (κ2) is 11.6. The molecular weight excluding hydrogens is 378 g/mol. The van der Waals surface area contributed by atoms with Gasteiger partial charge in [-0.15, -0.1) is 0 Å². The van der Waals surface area contributed by atoms with Gasteiger partial charge in [-0.2, -0.15) is 0 Å². The van der Waals surface area contributed by atoms with Crippen molar-refractivity contribution >= 4 is 17.7 Å². The number of benzene rings is 1. The first kappa shape index (κ1) is 23.8. The van der Waals surface area contributed by atoms with Crippen LogP contribution >= 0.6 is 0 Å². The third-order valence-corrected chi connectivity index (χ3v) is 5.81. The lowest BCUT2D eigenvalue weighted by Crippen LogP contribution is -2.46. The van der Waals surface area contributed by atoms with Crippen LogP contribution in [0.5, 0.6) is 0 Å². The highest BCUT2D eigenvalue weighted by molar-refractivity contribution is 5.95. The summed E-state index contributed by atoms with van der Waals surface area (Å²) in [6.07, 6.45) is 3.64. The largest absolute Gasteiger partial charge is 0.462 e. The summed E-state index contributed by atoms with van der Waals surface area (Å²) < 4.78 is 5.71. The molecule has 2 amide bonds. The van der Waals surface area contributed by atoms with E-state index in [1.165, 1.54) is 0 Å². The average Bonchev–Trinajstić information content (AvgIpc) is 2.77. The van der Waals surface area contributed by atoms with E-state index in [4.69, 9.17) is 4.74 Å². The normalized spacial score (nSPS) is 17.2. The van der Waals surface area contributed by atoms with E-state index in [0.717, 1.165) is 43.6 Å². The first-order chi connectivity index (χ1) is 14.5. The Labute approximate surface area is 181 Å². The van der Waals surface area contributed by atoms with E-state index in [9.17, 15) is 9.59 Å². The molecule has 0 spiro atoms. The van der Waals surface area contributed by atoms with Crippen LogP contribution in [0.2, 0.25) is 0 Å². The monoisotopic (exact) mass is 415 g/mol. The van der Waals surface area contributed by atoms with Gasteiger partial charge in [-0.25, -0.2) is 9.59 Å². The minimum absolute atomic E-state index is 0.293.